The third-order valence-corrected chi connectivity index (χ3v) is 4.06. The van der Waals surface area contributed by atoms with Crippen molar-refractivity contribution in [1.29, 1.82) is 0 Å². The highest BCUT2D eigenvalue weighted by Crippen LogP contribution is 2.33. The predicted octanol–water partition coefficient (Wildman–Crippen LogP) is 3.49. The van der Waals surface area contributed by atoms with E-state index < -0.39 is 0 Å². The minimum absolute atomic E-state index is 0.110. The molecule has 0 saturated carbocycles. The lowest BCUT2D eigenvalue weighted by atomic mass is 10.1. The number of hydrogen-bond acceptors (Lipinski definition) is 3. The van der Waals surface area contributed by atoms with Gasteiger partial charge in [0.2, 0.25) is 0 Å². The van der Waals surface area contributed by atoms with Gasteiger partial charge in [0, 0.05) is 24.8 Å². The van der Waals surface area contributed by atoms with E-state index in [0.29, 0.717) is 0 Å². The summed E-state index contributed by atoms with van der Waals surface area (Å²) in [6, 6.07) is 13.7. The van der Waals surface area contributed by atoms with E-state index >= 15 is 0 Å². The van der Waals surface area contributed by atoms with Crippen molar-refractivity contribution >= 4 is 11.7 Å². The van der Waals surface area contributed by atoms with Crippen molar-refractivity contribution in [1.82, 2.24) is 9.88 Å². The number of carbonyl (C=O) groups excluding carboxylic acids is 1. The van der Waals surface area contributed by atoms with Gasteiger partial charge in [-0.05, 0) is 43.5 Å². The molecule has 1 saturated heterocycles. The first-order valence-electron chi connectivity index (χ1n) is 7.85. The fourth-order valence-corrected chi connectivity index (χ4v) is 2.99. The molecule has 1 aliphatic rings. The minimum Gasteiger partial charge on any atom is -0.370 e. The molecule has 1 atom stereocenters. The van der Waals surface area contributed by atoms with Gasteiger partial charge in [-0.3, -0.25) is 4.79 Å². The molecule has 2 aromatic rings. The molecule has 0 radical (unpaired) electrons. The van der Waals surface area contributed by atoms with Crippen LogP contribution in [0.5, 0.6) is 0 Å². The van der Waals surface area contributed by atoms with Crippen molar-refractivity contribution < 1.29 is 4.79 Å². The average molecular weight is 295 g/mol. The van der Waals surface area contributed by atoms with Crippen LogP contribution in [0.1, 0.15) is 41.7 Å². The van der Waals surface area contributed by atoms with Gasteiger partial charge in [-0.1, -0.05) is 24.3 Å². The Morgan fingerprint density at radius 2 is 2.09 bits per heavy atom. The van der Waals surface area contributed by atoms with E-state index in [-0.39, 0.29) is 11.9 Å². The molecule has 1 aromatic carbocycles. The van der Waals surface area contributed by atoms with Gasteiger partial charge in [0.15, 0.2) is 0 Å². The topological polar surface area (TPSA) is 45.2 Å². The number of benzene rings is 1. The van der Waals surface area contributed by atoms with E-state index in [4.69, 9.17) is 0 Å². The van der Waals surface area contributed by atoms with Crippen molar-refractivity contribution in [2.45, 2.75) is 25.8 Å². The fraction of sp³-hybridized carbons (Fsp3) is 0.333. The maximum absolute atomic E-state index is 12.7. The molecule has 4 nitrogen and oxygen atoms in total. The Kier molecular flexibility index (Phi) is 4.37. The molecule has 0 spiro atoms. The van der Waals surface area contributed by atoms with Gasteiger partial charge in [-0.25, -0.2) is 4.98 Å². The van der Waals surface area contributed by atoms with Crippen molar-refractivity contribution in [2.75, 3.05) is 18.4 Å². The quantitative estimate of drug-likeness (QED) is 0.939. The Balaban J connectivity index is 1.79. The Bertz CT molecular complexity index is 625. The van der Waals surface area contributed by atoms with Crippen molar-refractivity contribution in [3.8, 4) is 0 Å². The number of anilines is 1. The second kappa shape index (κ2) is 6.60. The van der Waals surface area contributed by atoms with Gasteiger partial charge < -0.3 is 10.2 Å². The number of hydrogen-bond donors (Lipinski definition) is 1. The predicted molar refractivity (Wildman–Crippen MR) is 87.9 cm³/mol. The molecule has 1 aliphatic heterocycles. The lowest BCUT2D eigenvalue weighted by Gasteiger charge is -2.25. The summed E-state index contributed by atoms with van der Waals surface area (Å²) in [6.45, 7) is 3.72. The number of amides is 1. The molecule has 0 aliphatic carbocycles. The summed E-state index contributed by atoms with van der Waals surface area (Å²) in [5.41, 5.74) is 1.87. The summed E-state index contributed by atoms with van der Waals surface area (Å²) in [7, 11) is 0. The molecular formula is C18H21N3O. The highest BCUT2D eigenvalue weighted by Gasteiger charge is 2.30. The molecule has 3 rings (SSSR count). The third kappa shape index (κ3) is 2.96. The zero-order valence-corrected chi connectivity index (χ0v) is 12.8. The molecule has 0 bridgehead atoms. The molecule has 1 unspecified atom stereocenters. The molecule has 4 heteroatoms. The molecule has 22 heavy (non-hydrogen) atoms. The van der Waals surface area contributed by atoms with Crippen LogP contribution in [-0.2, 0) is 0 Å². The van der Waals surface area contributed by atoms with Crippen LogP contribution in [0.2, 0.25) is 0 Å². The van der Waals surface area contributed by atoms with Gasteiger partial charge in [0.1, 0.15) is 5.82 Å². The van der Waals surface area contributed by atoms with Gasteiger partial charge in [0.25, 0.3) is 5.91 Å². The zero-order valence-electron chi connectivity index (χ0n) is 12.8. The van der Waals surface area contributed by atoms with Crippen LogP contribution in [0.4, 0.5) is 5.82 Å². The van der Waals surface area contributed by atoms with E-state index in [9.17, 15) is 4.79 Å². The van der Waals surface area contributed by atoms with Crippen LogP contribution < -0.4 is 5.32 Å². The van der Waals surface area contributed by atoms with Gasteiger partial charge in [0.05, 0.1) is 6.04 Å². The minimum atomic E-state index is 0.110. The van der Waals surface area contributed by atoms with E-state index in [0.717, 1.165) is 42.9 Å². The van der Waals surface area contributed by atoms with Crippen LogP contribution in [-0.4, -0.2) is 28.9 Å². The standard InChI is InChI=1S/C18H21N3O/c1-2-19-17-11-10-15(13-20-17)16-9-6-12-21(16)18(22)14-7-4-3-5-8-14/h3-5,7-8,10-11,13,16H,2,6,9,12H2,1H3,(H,19,20). The molecule has 1 amide bonds. The highest BCUT2D eigenvalue weighted by molar-refractivity contribution is 5.94. The van der Waals surface area contributed by atoms with Crippen molar-refractivity contribution in [3.63, 3.8) is 0 Å². The molecule has 1 aromatic heterocycles. The van der Waals surface area contributed by atoms with Gasteiger partial charge >= 0.3 is 0 Å². The maximum atomic E-state index is 12.7. The van der Waals surface area contributed by atoms with E-state index in [1.165, 1.54) is 0 Å². The first-order valence-corrected chi connectivity index (χ1v) is 7.85. The van der Waals surface area contributed by atoms with Crippen molar-refractivity contribution in [2.24, 2.45) is 0 Å². The van der Waals surface area contributed by atoms with Gasteiger partial charge in [-0.15, -0.1) is 0 Å². The Morgan fingerprint density at radius 1 is 1.27 bits per heavy atom. The maximum Gasteiger partial charge on any atom is 0.254 e. The third-order valence-electron chi connectivity index (χ3n) is 4.06. The Hall–Kier alpha value is -2.36. The summed E-state index contributed by atoms with van der Waals surface area (Å²) in [5, 5.41) is 3.19. The summed E-state index contributed by atoms with van der Waals surface area (Å²) in [6.07, 6.45) is 3.93. The summed E-state index contributed by atoms with van der Waals surface area (Å²) < 4.78 is 0. The number of aromatic nitrogens is 1. The molecule has 1 N–H and O–H groups in total. The van der Waals surface area contributed by atoms with Gasteiger partial charge in [-0.2, -0.15) is 0 Å². The SMILES string of the molecule is CCNc1ccc(C2CCCN2C(=O)c2ccccc2)cn1. The lowest BCUT2D eigenvalue weighted by molar-refractivity contribution is 0.0735. The number of likely N-dealkylation sites (tertiary alicyclic amines) is 1. The number of rotatable bonds is 4. The van der Waals surface area contributed by atoms with E-state index in [1.807, 2.05) is 54.4 Å². The summed E-state index contributed by atoms with van der Waals surface area (Å²) in [4.78, 5) is 19.1. The summed E-state index contributed by atoms with van der Waals surface area (Å²) >= 11 is 0. The lowest BCUT2D eigenvalue weighted by Crippen LogP contribution is -2.30. The number of nitrogens with one attached hydrogen (secondary N) is 1. The smallest absolute Gasteiger partial charge is 0.254 e. The monoisotopic (exact) mass is 295 g/mol. The van der Waals surface area contributed by atoms with Crippen molar-refractivity contribution in [3.05, 3.63) is 59.8 Å². The normalized spacial score (nSPS) is 17.5. The van der Waals surface area contributed by atoms with Crippen LogP contribution in [0, 0.1) is 0 Å². The Morgan fingerprint density at radius 3 is 2.77 bits per heavy atom. The number of nitrogens with zero attached hydrogens (tertiary/aromatic N) is 2. The van der Waals surface area contributed by atoms with Crippen LogP contribution in [0.3, 0.4) is 0 Å². The van der Waals surface area contributed by atoms with E-state index in [2.05, 4.69) is 16.4 Å². The molecule has 2 heterocycles. The first-order chi connectivity index (χ1) is 10.8. The van der Waals surface area contributed by atoms with Crippen LogP contribution >= 0.6 is 0 Å². The second-order valence-electron chi connectivity index (χ2n) is 5.53. The largest absolute Gasteiger partial charge is 0.370 e. The highest BCUT2D eigenvalue weighted by atomic mass is 16.2. The second-order valence-corrected chi connectivity index (χ2v) is 5.53. The summed E-state index contributed by atoms with van der Waals surface area (Å²) in [5.74, 6) is 0.990. The molecule has 114 valence electrons. The molecule has 1 fully saturated rings. The van der Waals surface area contributed by atoms with Crippen LogP contribution in [0.15, 0.2) is 48.7 Å². The Labute approximate surface area is 131 Å². The number of carbonyl (C=O) groups is 1. The zero-order chi connectivity index (χ0) is 15.4. The number of pyridine rings is 1. The fourth-order valence-electron chi connectivity index (χ4n) is 2.99. The van der Waals surface area contributed by atoms with Crippen LogP contribution in [0.25, 0.3) is 0 Å². The molecular weight excluding hydrogens is 274 g/mol. The van der Waals surface area contributed by atoms with E-state index in [1.54, 1.807) is 0 Å². The average Bonchev–Trinajstić information content (AvgIpc) is 3.05. The first kappa shape index (κ1) is 14.6.